The molecule has 5 nitrogen and oxygen atoms in total. The number of rotatable bonds is 1. The van der Waals surface area contributed by atoms with E-state index in [9.17, 15) is 10.3 Å². The molecule has 0 amide bonds. The Balaban J connectivity index is 2.40. The van der Waals surface area contributed by atoms with Crippen LogP contribution in [-0.2, 0) is 5.41 Å². The predicted molar refractivity (Wildman–Crippen MR) is 90.3 cm³/mol. The molecule has 0 aliphatic heterocycles. The van der Waals surface area contributed by atoms with Gasteiger partial charge in [0.2, 0.25) is 0 Å². The van der Waals surface area contributed by atoms with E-state index in [0.29, 0.717) is 32.0 Å². The quantitative estimate of drug-likeness (QED) is 0.652. The Morgan fingerprint density at radius 2 is 1.87 bits per heavy atom. The summed E-state index contributed by atoms with van der Waals surface area (Å²) in [5.41, 5.74) is 3.65. The van der Waals surface area contributed by atoms with E-state index in [0.717, 1.165) is 11.1 Å². The molecule has 23 heavy (non-hydrogen) atoms. The fourth-order valence-corrected chi connectivity index (χ4v) is 3.01. The van der Waals surface area contributed by atoms with Crippen molar-refractivity contribution in [2.24, 2.45) is 0 Å². The number of aromatic hydroxyl groups is 1. The Kier molecular flexibility index (Phi) is 3.48. The van der Waals surface area contributed by atoms with E-state index in [2.05, 4.69) is 10.3 Å². The van der Waals surface area contributed by atoms with Crippen molar-refractivity contribution in [2.75, 3.05) is 0 Å². The Morgan fingerprint density at radius 3 is 2.52 bits per heavy atom. The van der Waals surface area contributed by atoms with Gasteiger partial charge in [-0.25, -0.2) is 0 Å². The lowest BCUT2D eigenvalue weighted by molar-refractivity contribution is 0.155. The molecule has 6 heteroatoms. The Hall–Kier alpha value is -2.27. The van der Waals surface area contributed by atoms with Crippen molar-refractivity contribution in [3.05, 3.63) is 40.4 Å². The smallest absolute Gasteiger partial charge is 0.131 e. The minimum absolute atomic E-state index is 0.171. The normalized spacial score (nSPS) is 12.0. The molecule has 0 atom stereocenters. The molecule has 0 saturated carbocycles. The molecular weight excluding hydrogens is 314 g/mol. The minimum Gasteiger partial charge on any atom is -0.507 e. The van der Waals surface area contributed by atoms with Crippen LogP contribution in [0.4, 0.5) is 0 Å². The average molecular weight is 332 g/mol. The van der Waals surface area contributed by atoms with Crippen LogP contribution in [0.5, 0.6) is 5.75 Å². The molecule has 0 unspecified atom stereocenters. The highest BCUT2D eigenvalue weighted by molar-refractivity contribution is 6.35. The van der Waals surface area contributed by atoms with Crippen molar-refractivity contribution in [1.29, 1.82) is 0 Å². The van der Waals surface area contributed by atoms with Crippen LogP contribution in [0.2, 0.25) is 5.02 Å². The summed E-state index contributed by atoms with van der Waals surface area (Å²) in [6, 6.07) is 7.13. The number of phenols is 1. The lowest BCUT2D eigenvalue weighted by atomic mass is 9.83. The highest BCUT2D eigenvalue weighted by Crippen LogP contribution is 2.43. The van der Waals surface area contributed by atoms with E-state index in [1.807, 2.05) is 39.8 Å². The molecule has 0 saturated heterocycles. The van der Waals surface area contributed by atoms with E-state index in [4.69, 9.17) is 11.6 Å². The van der Waals surface area contributed by atoms with Gasteiger partial charge in [-0.3, -0.25) is 0 Å². The van der Waals surface area contributed by atoms with Crippen LogP contribution in [0.3, 0.4) is 0 Å². The van der Waals surface area contributed by atoms with Gasteiger partial charge in [-0.2, -0.15) is 0 Å². The number of hydrogen-bond donors (Lipinski definition) is 2. The molecule has 3 aromatic rings. The molecule has 2 N–H and O–H groups in total. The summed E-state index contributed by atoms with van der Waals surface area (Å²) in [6.07, 6.45) is 0. The second kappa shape index (κ2) is 5.13. The molecule has 0 fully saturated rings. The zero-order valence-corrected chi connectivity index (χ0v) is 14.2. The fraction of sp³-hybridized carbons (Fsp3) is 0.294. The summed E-state index contributed by atoms with van der Waals surface area (Å²) < 4.78 is 0. The van der Waals surface area contributed by atoms with E-state index in [1.165, 1.54) is 0 Å². The maximum atomic E-state index is 10.8. The molecule has 0 bridgehead atoms. The summed E-state index contributed by atoms with van der Waals surface area (Å²) in [6.45, 7) is 8.08. The first-order valence-corrected chi connectivity index (χ1v) is 7.65. The molecule has 1 aromatic heterocycles. The number of fused-ring (bicyclic) bond motifs is 1. The summed E-state index contributed by atoms with van der Waals surface area (Å²) in [7, 11) is 0. The minimum atomic E-state index is -0.222. The molecule has 1 heterocycles. The first-order chi connectivity index (χ1) is 10.7. The van der Waals surface area contributed by atoms with Crippen LogP contribution in [0.15, 0.2) is 24.3 Å². The summed E-state index contributed by atoms with van der Waals surface area (Å²) in [5, 5.41) is 28.6. The predicted octanol–water partition coefficient (Wildman–Crippen LogP) is 4.30. The SMILES string of the molecule is Cc1cc(-c2c(Cl)ccc3c2nnn3O)c(O)c(C(C)(C)C)c1. The standard InChI is InChI=1S/C17H18ClN3O2/c1-9-7-10(16(22)11(8-9)17(2,3)4)14-12(18)5-6-13-15(14)19-20-21(13)23/h5-8,22-23H,1-4H3. The van der Waals surface area contributed by atoms with Gasteiger partial charge in [0.15, 0.2) is 0 Å². The third-order valence-corrected chi connectivity index (χ3v) is 4.20. The van der Waals surface area contributed by atoms with Crippen LogP contribution in [0.25, 0.3) is 22.2 Å². The van der Waals surface area contributed by atoms with Gasteiger partial charge in [0.1, 0.15) is 16.8 Å². The molecule has 0 aliphatic rings. The number of phenolic OH excluding ortho intramolecular Hbond substituents is 1. The number of nitrogens with zero attached hydrogens (tertiary/aromatic N) is 3. The first-order valence-electron chi connectivity index (χ1n) is 7.28. The van der Waals surface area contributed by atoms with Crippen molar-refractivity contribution in [1.82, 2.24) is 15.2 Å². The van der Waals surface area contributed by atoms with Crippen molar-refractivity contribution in [3.8, 4) is 16.9 Å². The topological polar surface area (TPSA) is 71.2 Å². The largest absolute Gasteiger partial charge is 0.507 e. The molecule has 0 aliphatic carbocycles. The van der Waals surface area contributed by atoms with Gasteiger partial charge < -0.3 is 10.3 Å². The summed E-state index contributed by atoms with van der Waals surface area (Å²) in [4.78, 5) is 0.701. The third kappa shape index (κ3) is 2.51. The van der Waals surface area contributed by atoms with E-state index in [-0.39, 0.29) is 11.2 Å². The van der Waals surface area contributed by atoms with Crippen molar-refractivity contribution >= 4 is 22.6 Å². The molecule has 3 rings (SSSR count). The lowest BCUT2D eigenvalue weighted by Gasteiger charge is -2.23. The highest BCUT2D eigenvalue weighted by atomic mass is 35.5. The van der Waals surface area contributed by atoms with Crippen molar-refractivity contribution in [3.63, 3.8) is 0 Å². The summed E-state index contributed by atoms with van der Waals surface area (Å²) in [5.74, 6) is 0.171. The van der Waals surface area contributed by atoms with Gasteiger partial charge in [-0.05, 0) is 41.3 Å². The number of hydrogen-bond acceptors (Lipinski definition) is 4. The zero-order chi connectivity index (χ0) is 16.9. The van der Waals surface area contributed by atoms with E-state index in [1.54, 1.807) is 12.1 Å². The van der Waals surface area contributed by atoms with Crippen LogP contribution >= 0.6 is 11.6 Å². The van der Waals surface area contributed by atoms with Gasteiger partial charge in [0.05, 0.1) is 5.02 Å². The van der Waals surface area contributed by atoms with Gasteiger partial charge >= 0.3 is 0 Å². The second-order valence-electron chi connectivity index (χ2n) is 6.73. The molecular formula is C17H18ClN3O2. The number of benzene rings is 2. The average Bonchev–Trinajstić information content (AvgIpc) is 2.82. The molecule has 0 spiro atoms. The number of aromatic nitrogens is 3. The molecule has 2 aromatic carbocycles. The maximum Gasteiger partial charge on any atom is 0.131 e. The van der Waals surface area contributed by atoms with Gasteiger partial charge in [0.25, 0.3) is 0 Å². The maximum absolute atomic E-state index is 10.8. The third-order valence-electron chi connectivity index (χ3n) is 3.88. The van der Waals surface area contributed by atoms with Crippen LogP contribution in [0.1, 0.15) is 31.9 Å². The van der Waals surface area contributed by atoms with Crippen molar-refractivity contribution < 1.29 is 10.3 Å². The zero-order valence-electron chi connectivity index (χ0n) is 13.4. The van der Waals surface area contributed by atoms with Gasteiger partial charge in [-0.1, -0.05) is 43.3 Å². The van der Waals surface area contributed by atoms with E-state index >= 15 is 0 Å². The lowest BCUT2D eigenvalue weighted by Crippen LogP contribution is -2.12. The fourth-order valence-electron chi connectivity index (χ4n) is 2.75. The highest BCUT2D eigenvalue weighted by Gasteiger charge is 2.24. The summed E-state index contributed by atoms with van der Waals surface area (Å²) >= 11 is 6.37. The van der Waals surface area contributed by atoms with Crippen molar-refractivity contribution in [2.45, 2.75) is 33.1 Å². The molecule has 0 radical (unpaired) electrons. The monoisotopic (exact) mass is 331 g/mol. The Labute approximate surface area is 139 Å². The van der Waals surface area contributed by atoms with Crippen LogP contribution < -0.4 is 0 Å². The number of halogens is 1. The second-order valence-corrected chi connectivity index (χ2v) is 7.13. The number of aryl methyl sites for hydroxylation is 1. The van der Waals surface area contributed by atoms with Crippen LogP contribution in [0, 0.1) is 6.92 Å². The van der Waals surface area contributed by atoms with Gasteiger partial charge in [0, 0.05) is 16.7 Å². The molecule has 120 valence electrons. The van der Waals surface area contributed by atoms with E-state index < -0.39 is 0 Å². The Morgan fingerprint density at radius 1 is 1.17 bits per heavy atom. The van der Waals surface area contributed by atoms with Crippen LogP contribution in [-0.4, -0.2) is 25.5 Å². The first kappa shape index (κ1) is 15.6. The Bertz CT molecular complexity index is 910. The van der Waals surface area contributed by atoms with Gasteiger partial charge in [-0.15, -0.1) is 5.10 Å².